The number of halogens is 1. The maximum absolute atomic E-state index is 4.80. The fourth-order valence-electron chi connectivity index (χ4n) is 2.92. The van der Waals surface area contributed by atoms with Crippen LogP contribution < -0.4 is 5.32 Å². The number of hydrogen-bond donors (Lipinski definition) is 1. The van der Waals surface area contributed by atoms with Gasteiger partial charge in [-0.05, 0) is 31.4 Å². The SMILES string of the molecule is CCNC(=NCc1ncccc1C)N1CCN(CC(C)C)CC1.I. The van der Waals surface area contributed by atoms with E-state index in [1.54, 1.807) is 0 Å². The summed E-state index contributed by atoms with van der Waals surface area (Å²) < 4.78 is 0. The Morgan fingerprint density at radius 2 is 2.00 bits per heavy atom. The van der Waals surface area contributed by atoms with Gasteiger partial charge in [-0.25, -0.2) is 4.99 Å². The van der Waals surface area contributed by atoms with Crippen molar-refractivity contribution in [3.8, 4) is 0 Å². The smallest absolute Gasteiger partial charge is 0.194 e. The number of nitrogens with one attached hydrogen (secondary N) is 1. The molecule has 1 aliphatic heterocycles. The van der Waals surface area contributed by atoms with E-state index in [-0.39, 0.29) is 24.0 Å². The molecular weight excluding hydrogens is 413 g/mol. The Labute approximate surface area is 163 Å². The van der Waals surface area contributed by atoms with Crippen molar-refractivity contribution in [1.29, 1.82) is 0 Å². The second-order valence-corrected chi connectivity index (χ2v) is 6.62. The van der Waals surface area contributed by atoms with Crippen LogP contribution in [-0.2, 0) is 6.54 Å². The number of rotatable bonds is 5. The van der Waals surface area contributed by atoms with Gasteiger partial charge in [0, 0.05) is 45.5 Å². The Kier molecular flexibility index (Phi) is 9.58. The van der Waals surface area contributed by atoms with Gasteiger partial charge >= 0.3 is 0 Å². The van der Waals surface area contributed by atoms with E-state index >= 15 is 0 Å². The second kappa shape index (κ2) is 10.9. The third-order valence-electron chi connectivity index (χ3n) is 4.13. The molecule has 0 atom stereocenters. The molecule has 1 aromatic heterocycles. The molecule has 0 saturated carbocycles. The number of pyridine rings is 1. The second-order valence-electron chi connectivity index (χ2n) is 6.62. The van der Waals surface area contributed by atoms with Gasteiger partial charge in [0.05, 0.1) is 12.2 Å². The molecule has 1 aromatic rings. The van der Waals surface area contributed by atoms with Crippen LogP contribution in [0, 0.1) is 12.8 Å². The summed E-state index contributed by atoms with van der Waals surface area (Å²) in [6.45, 7) is 15.8. The van der Waals surface area contributed by atoms with E-state index in [4.69, 9.17) is 4.99 Å². The predicted molar refractivity (Wildman–Crippen MR) is 112 cm³/mol. The first-order chi connectivity index (χ1) is 11.1. The molecule has 2 rings (SSSR count). The molecule has 1 aliphatic rings. The highest BCUT2D eigenvalue weighted by Crippen LogP contribution is 2.08. The van der Waals surface area contributed by atoms with Gasteiger partial charge in [-0.1, -0.05) is 19.9 Å². The van der Waals surface area contributed by atoms with E-state index in [2.05, 4.69) is 53.9 Å². The molecule has 0 unspecified atom stereocenters. The largest absolute Gasteiger partial charge is 0.357 e. The Morgan fingerprint density at radius 3 is 2.58 bits per heavy atom. The van der Waals surface area contributed by atoms with Gasteiger partial charge in [0.1, 0.15) is 0 Å². The molecule has 1 fully saturated rings. The molecule has 2 heterocycles. The van der Waals surface area contributed by atoms with Crippen molar-refractivity contribution in [2.75, 3.05) is 39.3 Å². The fraction of sp³-hybridized carbons (Fsp3) is 0.667. The Bertz CT molecular complexity index is 510. The van der Waals surface area contributed by atoms with Crippen LogP contribution in [0.2, 0.25) is 0 Å². The summed E-state index contributed by atoms with van der Waals surface area (Å²) in [5.41, 5.74) is 2.26. The number of nitrogens with zero attached hydrogens (tertiary/aromatic N) is 4. The third-order valence-corrected chi connectivity index (χ3v) is 4.13. The molecule has 1 saturated heterocycles. The Morgan fingerprint density at radius 1 is 1.29 bits per heavy atom. The summed E-state index contributed by atoms with van der Waals surface area (Å²) in [7, 11) is 0. The summed E-state index contributed by atoms with van der Waals surface area (Å²) >= 11 is 0. The maximum Gasteiger partial charge on any atom is 0.194 e. The first kappa shape index (κ1) is 21.2. The third kappa shape index (κ3) is 6.55. The normalized spacial score (nSPS) is 16.2. The standard InChI is InChI=1S/C18H31N5.HI/c1-5-19-18(21-13-17-16(4)7-6-8-20-17)23-11-9-22(10-12-23)14-15(2)3;/h6-8,15H,5,9-14H2,1-4H3,(H,19,21);1H. The van der Waals surface area contributed by atoms with E-state index < -0.39 is 0 Å². The predicted octanol–water partition coefficient (Wildman–Crippen LogP) is 2.75. The number of guanidine groups is 1. The summed E-state index contributed by atoms with van der Waals surface area (Å²) in [5, 5.41) is 3.43. The number of piperazine rings is 1. The average molecular weight is 445 g/mol. The number of aliphatic imine (C=N–C) groups is 1. The zero-order valence-electron chi connectivity index (χ0n) is 15.5. The Balaban J connectivity index is 0.00000288. The topological polar surface area (TPSA) is 43.8 Å². The van der Waals surface area contributed by atoms with Crippen LogP contribution in [0.1, 0.15) is 32.0 Å². The molecule has 0 aliphatic carbocycles. The average Bonchev–Trinajstić information content (AvgIpc) is 2.53. The van der Waals surface area contributed by atoms with Gasteiger partial charge in [0.25, 0.3) is 0 Å². The van der Waals surface area contributed by atoms with Gasteiger partial charge in [0.15, 0.2) is 5.96 Å². The zero-order valence-corrected chi connectivity index (χ0v) is 17.8. The molecule has 0 aromatic carbocycles. The molecule has 0 amide bonds. The molecule has 5 nitrogen and oxygen atoms in total. The van der Waals surface area contributed by atoms with Crippen LogP contribution in [0.4, 0.5) is 0 Å². The summed E-state index contributed by atoms with van der Waals surface area (Å²) in [6.07, 6.45) is 1.84. The maximum atomic E-state index is 4.80. The lowest BCUT2D eigenvalue weighted by Gasteiger charge is -2.37. The van der Waals surface area contributed by atoms with Gasteiger partial charge in [0.2, 0.25) is 0 Å². The molecule has 0 spiro atoms. The first-order valence-corrected chi connectivity index (χ1v) is 8.76. The van der Waals surface area contributed by atoms with Crippen LogP contribution >= 0.6 is 24.0 Å². The van der Waals surface area contributed by atoms with Gasteiger partial charge < -0.3 is 10.2 Å². The quantitative estimate of drug-likeness (QED) is 0.430. The first-order valence-electron chi connectivity index (χ1n) is 8.76. The van der Waals surface area contributed by atoms with Crippen molar-refractivity contribution in [3.63, 3.8) is 0 Å². The highest BCUT2D eigenvalue weighted by Gasteiger charge is 2.19. The molecule has 136 valence electrons. The minimum Gasteiger partial charge on any atom is -0.357 e. The van der Waals surface area contributed by atoms with Gasteiger partial charge in [-0.2, -0.15) is 0 Å². The zero-order chi connectivity index (χ0) is 16.7. The van der Waals surface area contributed by atoms with Crippen molar-refractivity contribution < 1.29 is 0 Å². The lowest BCUT2D eigenvalue weighted by Crippen LogP contribution is -2.53. The molecular formula is C18H32IN5. The molecule has 0 bridgehead atoms. The summed E-state index contributed by atoms with van der Waals surface area (Å²) in [4.78, 5) is 14.2. The summed E-state index contributed by atoms with van der Waals surface area (Å²) in [6, 6.07) is 4.07. The van der Waals surface area contributed by atoms with Crippen LogP contribution in [0.3, 0.4) is 0 Å². The highest BCUT2D eigenvalue weighted by atomic mass is 127. The van der Waals surface area contributed by atoms with Gasteiger partial charge in [-0.3, -0.25) is 9.88 Å². The van der Waals surface area contributed by atoms with E-state index in [0.717, 1.165) is 50.3 Å². The van der Waals surface area contributed by atoms with Gasteiger partial charge in [-0.15, -0.1) is 24.0 Å². The van der Waals surface area contributed by atoms with E-state index in [9.17, 15) is 0 Å². The summed E-state index contributed by atoms with van der Waals surface area (Å²) in [5.74, 6) is 1.75. The van der Waals surface area contributed by atoms with Crippen LogP contribution in [-0.4, -0.2) is 60.0 Å². The number of aryl methyl sites for hydroxylation is 1. The van der Waals surface area contributed by atoms with Crippen molar-refractivity contribution in [3.05, 3.63) is 29.6 Å². The van der Waals surface area contributed by atoms with Crippen molar-refractivity contribution in [2.45, 2.75) is 34.2 Å². The fourth-order valence-corrected chi connectivity index (χ4v) is 2.92. The van der Waals surface area contributed by atoms with Crippen LogP contribution in [0.5, 0.6) is 0 Å². The molecule has 0 radical (unpaired) electrons. The highest BCUT2D eigenvalue weighted by molar-refractivity contribution is 14.0. The van der Waals surface area contributed by atoms with Crippen molar-refractivity contribution in [1.82, 2.24) is 20.1 Å². The van der Waals surface area contributed by atoms with Crippen LogP contribution in [0.15, 0.2) is 23.3 Å². The molecule has 6 heteroatoms. The monoisotopic (exact) mass is 445 g/mol. The van der Waals surface area contributed by atoms with Crippen molar-refractivity contribution in [2.24, 2.45) is 10.9 Å². The minimum atomic E-state index is 0. The van der Waals surface area contributed by atoms with E-state index in [0.29, 0.717) is 6.54 Å². The number of hydrogen-bond acceptors (Lipinski definition) is 3. The Hall–Kier alpha value is -0.890. The van der Waals surface area contributed by atoms with E-state index in [1.165, 1.54) is 12.1 Å². The number of aromatic nitrogens is 1. The minimum absolute atomic E-state index is 0. The lowest BCUT2D eigenvalue weighted by atomic mass is 10.2. The molecule has 24 heavy (non-hydrogen) atoms. The van der Waals surface area contributed by atoms with E-state index in [1.807, 2.05) is 12.3 Å². The molecule has 1 N–H and O–H groups in total. The van der Waals surface area contributed by atoms with Crippen molar-refractivity contribution >= 4 is 29.9 Å². The van der Waals surface area contributed by atoms with Crippen LogP contribution in [0.25, 0.3) is 0 Å². The lowest BCUT2D eigenvalue weighted by molar-refractivity contribution is 0.164.